The molecular weight excluding hydrogens is 188 g/mol. The highest BCUT2D eigenvalue weighted by Crippen LogP contribution is 2.06. The Balaban J connectivity index is 1.85. The minimum Gasteiger partial charge on any atom is -0.343 e. The van der Waals surface area contributed by atoms with Crippen molar-refractivity contribution in [3.8, 4) is 0 Å². The monoisotopic (exact) mass is 203 g/mol. The van der Waals surface area contributed by atoms with Crippen LogP contribution < -0.4 is 0 Å². The molecule has 1 aromatic carbocycles. The first-order valence-electron chi connectivity index (χ1n) is 5.26. The first kappa shape index (κ1) is 10.2. The second kappa shape index (κ2) is 4.94. The highest BCUT2D eigenvalue weighted by Gasteiger charge is 2.14. The molecule has 0 spiro atoms. The van der Waals surface area contributed by atoms with Gasteiger partial charge in [-0.05, 0) is 11.6 Å². The molecule has 1 aliphatic heterocycles. The SMILES string of the molecule is O=CN1CCN(Cc2[c]cccc2)CC1. The first-order valence-corrected chi connectivity index (χ1v) is 5.26. The zero-order valence-corrected chi connectivity index (χ0v) is 8.72. The van der Waals surface area contributed by atoms with Gasteiger partial charge in [0.15, 0.2) is 0 Å². The number of carbonyl (C=O) groups excluding carboxylic acids is 1. The zero-order valence-electron chi connectivity index (χ0n) is 8.72. The first-order chi connectivity index (χ1) is 7.38. The summed E-state index contributed by atoms with van der Waals surface area (Å²) < 4.78 is 0. The van der Waals surface area contributed by atoms with E-state index >= 15 is 0 Å². The van der Waals surface area contributed by atoms with Gasteiger partial charge in [0.05, 0.1) is 0 Å². The van der Waals surface area contributed by atoms with Gasteiger partial charge in [0, 0.05) is 32.7 Å². The third-order valence-electron chi connectivity index (χ3n) is 2.72. The number of piperazine rings is 1. The molecule has 0 aliphatic carbocycles. The van der Waals surface area contributed by atoms with Gasteiger partial charge in [-0.3, -0.25) is 9.69 Å². The number of hydrogen-bond acceptors (Lipinski definition) is 2. The summed E-state index contributed by atoms with van der Waals surface area (Å²) in [7, 11) is 0. The topological polar surface area (TPSA) is 23.6 Å². The molecular formula is C12H15N2O. The van der Waals surface area contributed by atoms with Crippen molar-refractivity contribution < 1.29 is 4.79 Å². The Hall–Kier alpha value is -1.35. The van der Waals surface area contributed by atoms with Crippen LogP contribution in [-0.2, 0) is 11.3 Å². The van der Waals surface area contributed by atoms with Gasteiger partial charge in [0.25, 0.3) is 0 Å². The highest BCUT2D eigenvalue weighted by molar-refractivity contribution is 5.47. The van der Waals surface area contributed by atoms with Gasteiger partial charge in [-0.2, -0.15) is 0 Å². The van der Waals surface area contributed by atoms with E-state index in [2.05, 4.69) is 17.0 Å². The van der Waals surface area contributed by atoms with E-state index in [1.54, 1.807) is 0 Å². The number of carbonyl (C=O) groups is 1. The number of nitrogens with zero attached hydrogens (tertiary/aromatic N) is 2. The number of hydrogen-bond donors (Lipinski definition) is 0. The van der Waals surface area contributed by atoms with E-state index in [0.717, 1.165) is 39.1 Å². The highest BCUT2D eigenvalue weighted by atomic mass is 16.1. The summed E-state index contributed by atoms with van der Waals surface area (Å²) in [5.41, 5.74) is 1.22. The molecule has 0 aromatic heterocycles. The molecule has 79 valence electrons. The van der Waals surface area contributed by atoms with E-state index in [0.29, 0.717) is 0 Å². The predicted molar refractivity (Wildman–Crippen MR) is 58.2 cm³/mol. The lowest BCUT2D eigenvalue weighted by Crippen LogP contribution is -2.45. The van der Waals surface area contributed by atoms with Crippen LogP contribution >= 0.6 is 0 Å². The Labute approximate surface area is 90.3 Å². The lowest BCUT2D eigenvalue weighted by atomic mass is 10.2. The van der Waals surface area contributed by atoms with Crippen molar-refractivity contribution >= 4 is 6.41 Å². The van der Waals surface area contributed by atoms with Crippen LogP contribution in [0.1, 0.15) is 5.56 Å². The van der Waals surface area contributed by atoms with E-state index in [-0.39, 0.29) is 0 Å². The van der Waals surface area contributed by atoms with Crippen molar-refractivity contribution in [3.05, 3.63) is 35.9 Å². The fourth-order valence-electron chi connectivity index (χ4n) is 1.80. The smallest absolute Gasteiger partial charge is 0.209 e. The summed E-state index contributed by atoms with van der Waals surface area (Å²) in [6, 6.07) is 11.3. The van der Waals surface area contributed by atoms with Gasteiger partial charge in [-0.1, -0.05) is 24.3 Å². The molecule has 3 heteroatoms. The fraction of sp³-hybridized carbons (Fsp3) is 0.417. The molecule has 1 heterocycles. The molecule has 15 heavy (non-hydrogen) atoms. The van der Waals surface area contributed by atoms with Gasteiger partial charge in [0.1, 0.15) is 0 Å². The molecule has 1 fully saturated rings. The van der Waals surface area contributed by atoms with E-state index in [9.17, 15) is 4.79 Å². The second-order valence-electron chi connectivity index (χ2n) is 3.81. The molecule has 3 nitrogen and oxygen atoms in total. The Kier molecular flexibility index (Phi) is 3.35. The lowest BCUT2D eigenvalue weighted by molar-refractivity contribution is -0.119. The zero-order chi connectivity index (χ0) is 10.5. The van der Waals surface area contributed by atoms with Gasteiger partial charge >= 0.3 is 0 Å². The van der Waals surface area contributed by atoms with E-state index < -0.39 is 0 Å². The second-order valence-corrected chi connectivity index (χ2v) is 3.81. The van der Waals surface area contributed by atoms with Crippen LogP contribution in [0.15, 0.2) is 24.3 Å². The van der Waals surface area contributed by atoms with Gasteiger partial charge in [0.2, 0.25) is 6.41 Å². The van der Waals surface area contributed by atoms with Crippen LogP contribution in [-0.4, -0.2) is 42.4 Å². The maximum absolute atomic E-state index is 10.5. The van der Waals surface area contributed by atoms with Gasteiger partial charge in [-0.25, -0.2) is 0 Å². The van der Waals surface area contributed by atoms with Crippen molar-refractivity contribution in [3.63, 3.8) is 0 Å². The van der Waals surface area contributed by atoms with Crippen LogP contribution in [0.2, 0.25) is 0 Å². The minimum absolute atomic E-state index is 0.844. The van der Waals surface area contributed by atoms with Crippen LogP contribution in [0.3, 0.4) is 0 Å². The Bertz CT molecular complexity index is 305. The average Bonchev–Trinajstić information content (AvgIpc) is 2.31. The van der Waals surface area contributed by atoms with Crippen LogP contribution in [0.25, 0.3) is 0 Å². The fourth-order valence-corrected chi connectivity index (χ4v) is 1.80. The van der Waals surface area contributed by atoms with Crippen molar-refractivity contribution in [2.45, 2.75) is 6.54 Å². The lowest BCUT2D eigenvalue weighted by Gasteiger charge is -2.32. The molecule has 0 saturated carbocycles. The van der Waals surface area contributed by atoms with E-state index in [4.69, 9.17) is 0 Å². The molecule has 1 aromatic rings. The van der Waals surface area contributed by atoms with Crippen molar-refractivity contribution in [1.29, 1.82) is 0 Å². The molecule has 0 atom stereocenters. The molecule has 1 aliphatic rings. The summed E-state index contributed by atoms with van der Waals surface area (Å²) in [6.07, 6.45) is 0.936. The standard InChI is InChI=1S/C12H15N2O/c15-11-14-8-6-13(7-9-14)10-12-4-2-1-3-5-12/h1-4,11H,6-10H2. The summed E-state index contributed by atoms with van der Waals surface area (Å²) in [5.74, 6) is 0. The maximum atomic E-state index is 10.5. The quantitative estimate of drug-likeness (QED) is 0.677. The molecule has 1 radical (unpaired) electrons. The van der Waals surface area contributed by atoms with Gasteiger partial charge < -0.3 is 4.90 Å². The third kappa shape index (κ3) is 2.80. The van der Waals surface area contributed by atoms with Gasteiger partial charge in [-0.15, -0.1) is 0 Å². The minimum atomic E-state index is 0.844. The largest absolute Gasteiger partial charge is 0.343 e. The van der Waals surface area contributed by atoms with Crippen LogP contribution in [0.5, 0.6) is 0 Å². The summed E-state index contributed by atoms with van der Waals surface area (Å²) in [4.78, 5) is 14.7. The molecule has 0 unspecified atom stereocenters. The normalized spacial score (nSPS) is 17.7. The molecule has 2 rings (SSSR count). The summed E-state index contributed by atoms with van der Waals surface area (Å²) in [5, 5.41) is 0. The van der Waals surface area contributed by atoms with Crippen LogP contribution in [0, 0.1) is 6.07 Å². The Morgan fingerprint density at radius 3 is 2.67 bits per heavy atom. The Morgan fingerprint density at radius 2 is 2.07 bits per heavy atom. The maximum Gasteiger partial charge on any atom is 0.209 e. The molecule has 1 amide bonds. The third-order valence-corrected chi connectivity index (χ3v) is 2.72. The summed E-state index contributed by atoms with van der Waals surface area (Å²) >= 11 is 0. The molecule has 0 bridgehead atoms. The summed E-state index contributed by atoms with van der Waals surface area (Å²) in [6.45, 7) is 4.54. The van der Waals surface area contributed by atoms with Crippen molar-refractivity contribution in [2.24, 2.45) is 0 Å². The molecule has 1 saturated heterocycles. The van der Waals surface area contributed by atoms with E-state index in [1.807, 2.05) is 23.1 Å². The molecule has 0 N–H and O–H groups in total. The Morgan fingerprint density at radius 1 is 1.27 bits per heavy atom. The number of rotatable bonds is 3. The average molecular weight is 203 g/mol. The predicted octanol–water partition coefficient (Wildman–Crippen LogP) is 0.761. The van der Waals surface area contributed by atoms with E-state index in [1.165, 1.54) is 5.56 Å². The number of benzene rings is 1. The van der Waals surface area contributed by atoms with Crippen molar-refractivity contribution in [1.82, 2.24) is 9.80 Å². The van der Waals surface area contributed by atoms with Crippen LogP contribution in [0.4, 0.5) is 0 Å². The number of amides is 1. The van der Waals surface area contributed by atoms with Crippen molar-refractivity contribution in [2.75, 3.05) is 26.2 Å².